The Balaban J connectivity index is 1.71. The molecule has 2 aromatic rings. The van der Waals surface area contributed by atoms with E-state index in [1.54, 1.807) is 24.3 Å². The lowest BCUT2D eigenvalue weighted by molar-refractivity contribution is -0.142. The maximum absolute atomic E-state index is 12.8. The lowest BCUT2D eigenvalue weighted by Gasteiger charge is -2.14. The van der Waals surface area contributed by atoms with Crippen LogP contribution >= 0.6 is 11.8 Å². The molecule has 1 aliphatic heterocycles. The Bertz CT molecular complexity index is 1150. The molecule has 10 nitrogen and oxygen atoms in total. The van der Waals surface area contributed by atoms with Crippen molar-refractivity contribution in [2.75, 3.05) is 39.9 Å². The molecular weight excluding hydrogens is 490 g/mol. The van der Waals surface area contributed by atoms with E-state index in [1.165, 1.54) is 45.2 Å². The molecule has 1 amide bonds. The number of hydrogen-bond donors (Lipinski definition) is 2. The van der Waals surface area contributed by atoms with E-state index in [4.69, 9.17) is 23.7 Å². The second-order valence-corrected chi connectivity index (χ2v) is 8.57. The Hall–Kier alpha value is -3.86. The highest BCUT2D eigenvalue weighted by atomic mass is 32.2. The Kier molecular flexibility index (Phi) is 9.07. The second kappa shape index (κ2) is 12.2. The number of Topliss-reactive ketones (excluding diaryl/α,β-unsaturated/α-hetero) is 1. The number of benzene rings is 2. The molecule has 0 radical (unpaired) electrons. The lowest BCUT2D eigenvalue weighted by atomic mass is 10.1. The van der Waals surface area contributed by atoms with Gasteiger partial charge in [-0.15, -0.1) is 0 Å². The normalized spacial score (nSPS) is 14.0. The number of nitrogens with one attached hydrogen (secondary N) is 1. The highest BCUT2D eigenvalue weighted by Crippen LogP contribution is 2.40. The number of carbonyl (C=O) groups is 3. The molecule has 0 saturated heterocycles. The van der Waals surface area contributed by atoms with Crippen LogP contribution in [-0.2, 0) is 9.59 Å². The van der Waals surface area contributed by atoms with Crippen molar-refractivity contribution in [2.45, 2.75) is 12.5 Å². The van der Waals surface area contributed by atoms with Gasteiger partial charge in [0.1, 0.15) is 17.5 Å². The van der Waals surface area contributed by atoms with E-state index >= 15 is 0 Å². The standard InChI is InChI=1S/C25H27NO9S/c1-31-20-10-14(11-21(32-2)24(20)33-3)9-19-23(28)16-6-5-15(12-18(16)35-19)34-13-22(27)26-17(25(29)30)7-8-36-4/h5-6,9-12,17H,7-8,13H2,1-4H3,(H,26,27)(H,29,30). The Morgan fingerprint density at radius 1 is 1.11 bits per heavy atom. The summed E-state index contributed by atoms with van der Waals surface area (Å²) in [6.07, 6.45) is 3.72. The predicted octanol–water partition coefficient (Wildman–Crippen LogP) is 3.03. The molecule has 11 heteroatoms. The van der Waals surface area contributed by atoms with Crippen molar-refractivity contribution in [3.05, 3.63) is 47.2 Å². The second-order valence-electron chi connectivity index (χ2n) is 7.58. The van der Waals surface area contributed by atoms with Gasteiger partial charge in [-0.05, 0) is 54.3 Å². The van der Waals surface area contributed by atoms with Crippen LogP contribution < -0.4 is 29.0 Å². The van der Waals surface area contributed by atoms with Crippen molar-refractivity contribution in [2.24, 2.45) is 0 Å². The molecule has 1 aliphatic rings. The molecule has 3 rings (SSSR count). The number of ether oxygens (including phenoxy) is 5. The smallest absolute Gasteiger partial charge is 0.326 e. The summed E-state index contributed by atoms with van der Waals surface area (Å²) in [6.45, 7) is -0.385. The Labute approximate surface area is 212 Å². The molecule has 0 spiro atoms. The van der Waals surface area contributed by atoms with E-state index in [2.05, 4.69) is 5.32 Å². The first-order valence-electron chi connectivity index (χ1n) is 10.8. The van der Waals surface area contributed by atoms with E-state index < -0.39 is 17.9 Å². The monoisotopic (exact) mass is 517 g/mol. The summed E-state index contributed by atoms with van der Waals surface area (Å²) < 4.78 is 27.3. The van der Waals surface area contributed by atoms with Crippen LogP contribution in [-0.4, -0.2) is 68.8 Å². The third kappa shape index (κ3) is 6.22. The number of rotatable bonds is 12. The first kappa shape index (κ1) is 26.7. The number of aliphatic carboxylic acids is 1. The average Bonchev–Trinajstić information content (AvgIpc) is 3.18. The van der Waals surface area contributed by atoms with Crippen molar-refractivity contribution in [3.63, 3.8) is 0 Å². The minimum absolute atomic E-state index is 0.0901. The van der Waals surface area contributed by atoms with Gasteiger partial charge < -0.3 is 34.1 Å². The van der Waals surface area contributed by atoms with Crippen molar-refractivity contribution < 1.29 is 43.2 Å². The maximum atomic E-state index is 12.8. The van der Waals surface area contributed by atoms with Gasteiger partial charge in [0.15, 0.2) is 23.9 Å². The van der Waals surface area contributed by atoms with Crippen LogP contribution in [0.1, 0.15) is 22.3 Å². The molecular formula is C25H27NO9S. The molecule has 0 saturated carbocycles. The number of fused-ring (bicyclic) bond motifs is 1. The number of allylic oxidation sites excluding steroid dienone is 1. The number of methoxy groups -OCH3 is 3. The van der Waals surface area contributed by atoms with Gasteiger partial charge in [0, 0.05) is 6.07 Å². The predicted molar refractivity (Wildman–Crippen MR) is 134 cm³/mol. The van der Waals surface area contributed by atoms with Gasteiger partial charge >= 0.3 is 5.97 Å². The first-order chi connectivity index (χ1) is 17.3. The fraction of sp³-hybridized carbons (Fsp3) is 0.320. The van der Waals surface area contributed by atoms with Crippen molar-refractivity contribution in [1.29, 1.82) is 0 Å². The molecule has 2 N–H and O–H groups in total. The topological polar surface area (TPSA) is 130 Å². The highest BCUT2D eigenvalue weighted by molar-refractivity contribution is 7.98. The van der Waals surface area contributed by atoms with Gasteiger partial charge in [0.05, 0.1) is 26.9 Å². The third-order valence-electron chi connectivity index (χ3n) is 5.24. The number of ketones is 1. The number of carbonyl (C=O) groups excluding carboxylic acids is 2. The minimum atomic E-state index is -1.10. The highest BCUT2D eigenvalue weighted by Gasteiger charge is 2.28. The van der Waals surface area contributed by atoms with Crippen LogP contribution in [0.5, 0.6) is 28.7 Å². The van der Waals surface area contributed by atoms with E-state index in [0.29, 0.717) is 46.3 Å². The molecule has 36 heavy (non-hydrogen) atoms. The fourth-order valence-electron chi connectivity index (χ4n) is 3.47. The van der Waals surface area contributed by atoms with Crippen molar-refractivity contribution in [3.8, 4) is 28.7 Å². The lowest BCUT2D eigenvalue weighted by Crippen LogP contribution is -2.43. The zero-order valence-electron chi connectivity index (χ0n) is 20.3. The number of thioether (sulfide) groups is 1. The number of hydrogen-bond acceptors (Lipinski definition) is 9. The van der Waals surface area contributed by atoms with Crippen LogP contribution in [0.3, 0.4) is 0 Å². The Morgan fingerprint density at radius 3 is 2.39 bits per heavy atom. The molecule has 0 fully saturated rings. The Morgan fingerprint density at radius 2 is 1.81 bits per heavy atom. The van der Waals surface area contributed by atoms with E-state index in [9.17, 15) is 19.5 Å². The maximum Gasteiger partial charge on any atom is 0.326 e. The first-order valence-corrected chi connectivity index (χ1v) is 12.2. The summed E-state index contributed by atoms with van der Waals surface area (Å²) in [6, 6.07) is 6.96. The average molecular weight is 518 g/mol. The van der Waals surface area contributed by atoms with Crippen LogP contribution in [0.4, 0.5) is 0 Å². The summed E-state index contributed by atoms with van der Waals surface area (Å²) in [4.78, 5) is 36.3. The van der Waals surface area contributed by atoms with E-state index in [0.717, 1.165) is 0 Å². The summed E-state index contributed by atoms with van der Waals surface area (Å²) in [5.41, 5.74) is 0.941. The summed E-state index contributed by atoms with van der Waals surface area (Å²) in [7, 11) is 4.49. The number of carboxylic acids is 1. The molecule has 1 heterocycles. The van der Waals surface area contributed by atoms with Crippen LogP contribution in [0.15, 0.2) is 36.1 Å². The zero-order valence-corrected chi connectivity index (χ0v) is 21.1. The molecule has 0 aliphatic carbocycles. The largest absolute Gasteiger partial charge is 0.493 e. The van der Waals surface area contributed by atoms with E-state index in [-0.39, 0.29) is 23.9 Å². The summed E-state index contributed by atoms with van der Waals surface area (Å²) >= 11 is 1.49. The van der Waals surface area contributed by atoms with Crippen LogP contribution in [0.2, 0.25) is 0 Å². The van der Waals surface area contributed by atoms with Crippen LogP contribution in [0.25, 0.3) is 6.08 Å². The molecule has 2 aromatic carbocycles. The van der Waals surface area contributed by atoms with Crippen molar-refractivity contribution >= 4 is 35.5 Å². The van der Waals surface area contributed by atoms with Gasteiger partial charge in [0.2, 0.25) is 11.5 Å². The van der Waals surface area contributed by atoms with Gasteiger partial charge in [-0.25, -0.2) is 4.79 Å². The van der Waals surface area contributed by atoms with Gasteiger partial charge in [-0.1, -0.05) is 0 Å². The summed E-state index contributed by atoms with van der Waals surface area (Å²) in [5.74, 6) is 0.555. The number of amides is 1. The quantitative estimate of drug-likeness (QED) is 0.405. The third-order valence-corrected chi connectivity index (χ3v) is 5.88. The molecule has 1 unspecified atom stereocenters. The van der Waals surface area contributed by atoms with Gasteiger partial charge in [-0.2, -0.15) is 11.8 Å². The minimum Gasteiger partial charge on any atom is -0.493 e. The molecule has 0 bridgehead atoms. The zero-order chi connectivity index (χ0) is 26.2. The molecule has 1 atom stereocenters. The van der Waals surface area contributed by atoms with Gasteiger partial charge in [0.25, 0.3) is 5.91 Å². The number of carboxylic acid groups (broad SMARTS) is 1. The molecule has 0 aromatic heterocycles. The van der Waals surface area contributed by atoms with Crippen LogP contribution in [0, 0.1) is 0 Å². The molecule has 192 valence electrons. The fourth-order valence-corrected chi connectivity index (χ4v) is 3.94. The SMILES string of the molecule is COc1cc(C=C2Oc3cc(OCC(=O)NC(CCSC)C(=O)O)ccc3C2=O)cc(OC)c1OC. The summed E-state index contributed by atoms with van der Waals surface area (Å²) in [5, 5.41) is 11.7. The van der Waals surface area contributed by atoms with Gasteiger partial charge in [-0.3, -0.25) is 9.59 Å². The van der Waals surface area contributed by atoms with E-state index in [1.807, 2.05) is 6.26 Å². The van der Waals surface area contributed by atoms with Crippen molar-refractivity contribution in [1.82, 2.24) is 5.32 Å².